The Bertz CT molecular complexity index is 620. The molecule has 2 heterocycles. The molecule has 5 nitrogen and oxygen atoms in total. The van der Waals surface area contributed by atoms with Gasteiger partial charge in [0.15, 0.2) is 9.84 Å². The number of rotatable bonds is 4. The van der Waals surface area contributed by atoms with Crippen molar-refractivity contribution in [3.63, 3.8) is 0 Å². The number of aliphatic hydroxyl groups is 1. The number of methoxy groups -OCH3 is 1. The van der Waals surface area contributed by atoms with Crippen LogP contribution in [0.4, 0.5) is 0 Å². The smallest absolute Gasteiger partial charge is 0.154 e. The third-order valence-corrected chi connectivity index (χ3v) is 6.79. The molecule has 0 aliphatic carbocycles. The average molecular weight is 339 g/mol. The Morgan fingerprint density at radius 1 is 1.17 bits per heavy atom. The van der Waals surface area contributed by atoms with Crippen LogP contribution in [-0.2, 0) is 16.3 Å². The minimum absolute atomic E-state index is 0.0799. The van der Waals surface area contributed by atoms with Gasteiger partial charge in [-0.15, -0.1) is 0 Å². The van der Waals surface area contributed by atoms with Crippen LogP contribution in [0.2, 0.25) is 0 Å². The molecule has 1 aromatic carbocycles. The van der Waals surface area contributed by atoms with E-state index in [1.165, 1.54) is 5.56 Å². The van der Waals surface area contributed by atoms with E-state index in [-0.39, 0.29) is 17.5 Å². The van der Waals surface area contributed by atoms with E-state index in [1.54, 1.807) is 7.11 Å². The second kappa shape index (κ2) is 6.79. The molecule has 23 heavy (non-hydrogen) atoms. The number of hydrogen-bond donors (Lipinski definition) is 1. The first kappa shape index (κ1) is 16.7. The number of ether oxygens (including phenoxy) is 1. The van der Waals surface area contributed by atoms with Gasteiger partial charge in [0.1, 0.15) is 5.75 Å². The van der Waals surface area contributed by atoms with E-state index >= 15 is 0 Å². The van der Waals surface area contributed by atoms with Crippen LogP contribution in [0.5, 0.6) is 5.75 Å². The Balaban J connectivity index is 1.52. The standard InChI is InChI=1S/C17H25NO4S/c1-22-15-4-2-13(3-5-15)10-14-6-8-18(9-7-14)16-11-23(20,21)12-17(16)19/h2-5,14,16-17,19H,6-12H2,1H3. The van der Waals surface area contributed by atoms with E-state index in [2.05, 4.69) is 17.0 Å². The van der Waals surface area contributed by atoms with Crippen LogP contribution in [-0.4, -0.2) is 62.3 Å². The molecule has 128 valence electrons. The molecule has 1 aromatic rings. The van der Waals surface area contributed by atoms with Crippen molar-refractivity contribution >= 4 is 9.84 Å². The van der Waals surface area contributed by atoms with Crippen LogP contribution in [0.25, 0.3) is 0 Å². The molecule has 0 amide bonds. The summed E-state index contributed by atoms with van der Waals surface area (Å²) < 4.78 is 28.5. The van der Waals surface area contributed by atoms with Gasteiger partial charge >= 0.3 is 0 Å². The normalized spacial score (nSPS) is 28.8. The van der Waals surface area contributed by atoms with Crippen molar-refractivity contribution in [2.24, 2.45) is 5.92 Å². The van der Waals surface area contributed by atoms with Gasteiger partial charge in [-0.2, -0.15) is 0 Å². The lowest BCUT2D eigenvalue weighted by Gasteiger charge is -2.36. The minimum Gasteiger partial charge on any atom is -0.497 e. The van der Waals surface area contributed by atoms with E-state index < -0.39 is 15.9 Å². The van der Waals surface area contributed by atoms with Gasteiger partial charge in [0.2, 0.25) is 0 Å². The zero-order valence-electron chi connectivity index (χ0n) is 13.5. The summed E-state index contributed by atoms with van der Waals surface area (Å²) in [6.07, 6.45) is 2.42. The zero-order chi connectivity index (χ0) is 16.4. The number of benzene rings is 1. The second-order valence-corrected chi connectivity index (χ2v) is 8.90. The van der Waals surface area contributed by atoms with Crippen molar-refractivity contribution in [3.8, 4) is 5.75 Å². The number of aliphatic hydroxyl groups excluding tert-OH is 1. The highest BCUT2D eigenvalue weighted by Crippen LogP contribution is 2.27. The largest absolute Gasteiger partial charge is 0.497 e. The molecule has 2 aliphatic heterocycles. The molecule has 0 aromatic heterocycles. The molecule has 0 saturated carbocycles. The lowest BCUT2D eigenvalue weighted by molar-refractivity contribution is 0.0587. The molecule has 0 spiro atoms. The Kier molecular flexibility index (Phi) is 4.94. The fourth-order valence-corrected chi connectivity index (χ4v) is 5.57. The lowest BCUT2D eigenvalue weighted by Crippen LogP contribution is -2.47. The Hall–Kier alpha value is -1.11. The van der Waals surface area contributed by atoms with Gasteiger partial charge in [-0.1, -0.05) is 12.1 Å². The van der Waals surface area contributed by atoms with Crippen molar-refractivity contribution in [2.45, 2.75) is 31.4 Å². The molecule has 2 fully saturated rings. The molecule has 2 aliphatic rings. The minimum atomic E-state index is -3.07. The quantitative estimate of drug-likeness (QED) is 0.890. The van der Waals surface area contributed by atoms with Crippen molar-refractivity contribution in [3.05, 3.63) is 29.8 Å². The monoisotopic (exact) mass is 339 g/mol. The molecule has 2 atom stereocenters. The molecule has 3 rings (SSSR count). The summed E-state index contributed by atoms with van der Waals surface area (Å²) in [7, 11) is -1.40. The number of nitrogens with zero attached hydrogens (tertiary/aromatic N) is 1. The van der Waals surface area contributed by atoms with E-state index in [4.69, 9.17) is 4.74 Å². The van der Waals surface area contributed by atoms with E-state index in [0.29, 0.717) is 5.92 Å². The Labute approximate surface area is 138 Å². The third-order valence-electron chi connectivity index (χ3n) is 5.10. The summed E-state index contributed by atoms with van der Waals surface area (Å²) in [6, 6.07) is 7.99. The van der Waals surface area contributed by atoms with Gasteiger partial charge < -0.3 is 9.84 Å². The van der Waals surface area contributed by atoms with Crippen molar-refractivity contribution in [1.29, 1.82) is 0 Å². The first-order valence-corrected chi connectivity index (χ1v) is 10.0. The van der Waals surface area contributed by atoms with Gasteiger partial charge in [-0.25, -0.2) is 8.42 Å². The molecule has 1 N–H and O–H groups in total. The van der Waals surface area contributed by atoms with Crippen molar-refractivity contribution in [2.75, 3.05) is 31.7 Å². The van der Waals surface area contributed by atoms with Gasteiger partial charge in [0.25, 0.3) is 0 Å². The van der Waals surface area contributed by atoms with Crippen LogP contribution in [0.3, 0.4) is 0 Å². The second-order valence-electron chi connectivity index (χ2n) is 6.74. The van der Waals surface area contributed by atoms with Crippen molar-refractivity contribution in [1.82, 2.24) is 4.90 Å². The molecular formula is C17H25NO4S. The zero-order valence-corrected chi connectivity index (χ0v) is 14.3. The van der Waals surface area contributed by atoms with Crippen LogP contribution in [0, 0.1) is 5.92 Å². The van der Waals surface area contributed by atoms with E-state index in [1.807, 2.05) is 12.1 Å². The topological polar surface area (TPSA) is 66.8 Å². The molecule has 2 saturated heterocycles. The number of piperidine rings is 1. The Morgan fingerprint density at radius 2 is 1.83 bits per heavy atom. The molecule has 2 unspecified atom stereocenters. The van der Waals surface area contributed by atoms with E-state index in [9.17, 15) is 13.5 Å². The summed E-state index contributed by atoms with van der Waals surface area (Å²) in [4.78, 5) is 2.17. The van der Waals surface area contributed by atoms with Crippen LogP contribution in [0.15, 0.2) is 24.3 Å². The fraction of sp³-hybridized carbons (Fsp3) is 0.647. The van der Waals surface area contributed by atoms with Gasteiger partial charge in [-0.3, -0.25) is 4.90 Å². The third kappa shape index (κ3) is 4.05. The Morgan fingerprint density at radius 3 is 2.35 bits per heavy atom. The predicted octanol–water partition coefficient (Wildman–Crippen LogP) is 1.11. The van der Waals surface area contributed by atoms with Crippen LogP contribution >= 0.6 is 0 Å². The fourth-order valence-electron chi connectivity index (χ4n) is 3.74. The van der Waals surface area contributed by atoms with Crippen LogP contribution in [0.1, 0.15) is 18.4 Å². The molecule has 6 heteroatoms. The predicted molar refractivity (Wildman–Crippen MR) is 89.4 cm³/mol. The summed E-state index contributed by atoms with van der Waals surface area (Å²) in [6.45, 7) is 1.75. The van der Waals surface area contributed by atoms with Crippen molar-refractivity contribution < 1.29 is 18.3 Å². The van der Waals surface area contributed by atoms with Gasteiger partial charge in [0.05, 0.1) is 30.8 Å². The SMILES string of the molecule is COc1ccc(CC2CCN(C3CS(=O)(=O)CC3O)CC2)cc1. The highest BCUT2D eigenvalue weighted by Gasteiger charge is 2.40. The number of likely N-dealkylation sites (tertiary alicyclic amines) is 1. The van der Waals surface area contributed by atoms with E-state index in [0.717, 1.165) is 38.1 Å². The summed E-state index contributed by atoms with van der Waals surface area (Å²) in [5.41, 5.74) is 1.31. The highest BCUT2D eigenvalue weighted by molar-refractivity contribution is 7.91. The maximum absolute atomic E-state index is 11.7. The highest BCUT2D eigenvalue weighted by atomic mass is 32.2. The van der Waals surface area contributed by atoms with Crippen LogP contribution < -0.4 is 4.74 Å². The number of hydrogen-bond acceptors (Lipinski definition) is 5. The summed E-state index contributed by atoms with van der Waals surface area (Å²) >= 11 is 0. The first-order chi connectivity index (χ1) is 11.0. The van der Waals surface area contributed by atoms with Gasteiger partial charge in [-0.05, 0) is 56.0 Å². The molecule has 0 radical (unpaired) electrons. The van der Waals surface area contributed by atoms with Gasteiger partial charge in [0, 0.05) is 0 Å². The lowest BCUT2D eigenvalue weighted by atomic mass is 9.89. The number of sulfone groups is 1. The maximum Gasteiger partial charge on any atom is 0.154 e. The summed E-state index contributed by atoms with van der Waals surface area (Å²) in [5, 5.41) is 9.99. The summed E-state index contributed by atoms with van der Waals surface area (Å²) in [5.74, 6) is 1.52. The molecule has 0 bridgehead atoms. The average Bonchev–Trinajstić information content (AvgIpc) is 2.82. The molecular weight excluding hydrogens is 314 g/mol. The first-order valence-electron chi connectivity index (χ1n) is 8.22. The maximum atomic E-state index is 11.7.